The van der Waals surface area contributed by atoms with E-state index in [2.05, 4.69) is 52.6 Å². The Labute approximate surface area is 203 Å². The van der Waals surface area contributed by atoms with E-state index < -0.39 is 0 Å². The van der Waals surface area contributed by atoms with Crippen molar-refractivity contribution in [3.05, 3.63) is 54.1 Å². The van der Waals surface area contributed by atoms with E-state index in [0.717, 1.165) is 49.1 Å². The van der Waals surface area contributed by atoms with Crippen molar-refractivity contribution < 1.29 is 9.47 Å². The molecule has 2 aromatic rings. The second-order valence-electron chi connectivity index (χ2n) is 7.80. The van der Waals surface area contributed by atoms with Gasteiger partial charge in [-0.1, -0.05) is 30.3 Å². The highest BCUT2D eigenvalue weighted by molar-refractivity contribution is 14.0. The average molecular weight is 538 g/mol. The molecule has 7 heteroatoms. The Morgan fingerprint density at radius 2 is 1.84 bits per heavy atom. The predicted molar refractivity (Wildman–Crippen MR) is 139 cm³/mol. The molecular formula is C24H35IN4O2. The molecule has 0 aliphatic carbocycles. The van der Waals surface area contributed by atoms with Gasteiger partial charge in [-0.05, 0) is 49.9 Å². The summed E-state index contributed by atoms with van der Waals surface area (Å²) in [5, 5.41) is 6.84. The average Bonchev–Trinajstić information content (AvgIpc) is 3.24. The molecule has 1 aliphatic rings. The van der Waals surface area contributed by atoms with Gasteiger partial charge in [-0.15, -0.1) is 24.0 Å². The summed E-state index contributed by atoms with van der Waals surface area (Å²) >= 11 is 0. The second-order valence-corrected chi connectivity index (χ2v) is 7.80. The van der Waals surface area contributed by atoms with Crippen LogP contribution in [0.1, 0.15) is 18.9 Å². The highest BCUT2D eigenvalue weighted by atomic mass is 127. The zero-order chi connectivity index (χ0) is 21.3. The fourth-order valence-corrected chi connectivity index (χ4v) is 3.76. The molecule has 1 saturated heterocycles. The number of rotatable bonds is 8. The van der Waals surface area contributed by atoms with E-state index in [4.69, 9.17) is 9.47 Å². The first kappa shape index (κ1) is 25.1. The van der Waals surface area contributed by atoms with Gasteiger partial charge in [-0.2, -0.15) is 0 Å². The Hall–Kier alpha value is -2.16. The Bertz CT molecular complexity index is 846. The number of nitrogens with zero attached hydrogens (tertiary/aromatic N) is 2. The number of nitrogens with one attached hydrogen (secondary N) is 2. The number of aryl methyl sites for hydroxylation is 1. The van der Waals surface area contributed by atoms with Gasteiger partial charge in [-0.25, -0.2) is 0 Å². The van der Waals surface area contributed by atoms with Gasteiger partial charge in [0.25, 0.3) is 0 Å². The Balaban J connectivity index is 0.00000341. The summed E-state index contributed by atoms with van der Waals surface area (Å²) in [6.45, 7) is 7.75. The van der Waals surface area contributed by atoms with Crippen LogP contribution in [0, 0.1) is 12.8 Å². The molecule has 6 nitrogen and oxygen atoms in total. The van der Waals surface area contributed by atoms with Gasteiger partial charge in [0.1, 0.15) is 17.6 Å². The number of para-hydroxylation sites is 3. The molecule has 0 saturated carbocycles. The lowest BCUT2D eigenvalue weighted by atomic mass is 10.1. The van der Waals surface area contributed by atoms with Crippen LogP contribution >= 0.6 is 24.0 Å². The molecule has 3 rings (SSSR count). The standard InChI is InChI=1S/C24H34N4O2.HI/c1-18-9-5-7-11-22(18)30-19(2)15-26-24(25-3)27-16-20-13-14-28(17-20)21-10-6-8-12-23(21)29-4;/h5-12,19-20H,13-17H2,1-4H3,(H2,25,26,27);1H. The molecular weight excluding hydrogens is 503 g/mol. The summed E-state index contributed by atoms with van der Waals surface area (Å²) in [5.41, 5.74) is 2.32. The molecule has 170 valence electrons. The topological polar surface area (TPSA) is 58.1 Å². The highest BCUT2D eigenvalue weighted by Crippen LogP contribution is 2.31. The molecule has 2 unspecified atom stereocenters. The summed E-state index contributed by atoms with van der Waals surface area (Å²) in [6.07, 6.45) is 1.19. The highest BCUT2D eigenvalue weighted by Gasteiger charge is 2.24. The molecule has 2 atom stereocenters. The van der Waals surface area contributed by atoms with E-state index >= 15 is 0 Å². The lowest BCUT2D eigenvalue weighted by molar-refractivity contribution is 0.222. The zero-order valence-electron chi connectivity index (χ0n) is 18.9. The molecule has 0 radical (unpaired) electrons. The third-order valence-corrected chi connectivity index (χ3v) is 5.47. The third kappa shape index (κ3) is 7.19. The van der Waals surface area contributed by atoms with Crippen molar-refractivity contribution >= 4 is 35.6 Å². The fourth-order valence-electron chi connectivity index (χ4n) is 3.76. The maximum atomic E-state index is 6.04. The molecule has 0 spiro atoms. The van der Waals surface area contributed by atoms with Gasteiger partial charge in [0.05, 0.1) is 19.3 Å². The number of methoxy groups -OCH3 is 1. The number of ether oxygens (including phenoxy) is 2. The summed E-state index contributed by atoms with van der Waals surface area (Å²) in [6, 6.07) is 16.3. The number of benzene rings is 2. The van der Waals surface area contributed by atoms with E-state index in [1.54, 1.807) is 14.2 Å². The number of halogens is 1. The summed E-state index contributed by atoms with van der Waals surface area (Å²) in [5.74, 6) is 3.24. The molecule has 0 amide bonds. The van der Waals surface area contributed by atoms with E-state index in [1.165, 1.54) is 5.69 Å². The smallest absolute Gasteiger partial charge is 0.191 e. The molecule has 0 aromatic heterocycles. The van der Waals surface area contributed by atoms with Crippen molar-refractivity contribution in [2.24, 2.45) is 10.9 Å². The normalized spacial score (nSPS) is 17.0. The Morgan fingerprint density at radius 3 is 2.55 bits per heavy atom. The number of aliphatic imine (C=N–C) groups is 1. The lowest BCUT2D eigenvalue weighted by Crippen LogP contribution is -2.43. The zero-order valence-corrected chi connectivity index (χ0v) is 21.3. The molecule has 1 heterocycles. The van der Waals surface area contributed by atoms with Crippen LogP contribution in [0.5, 0.6) is 11.5 Å². The van der Waals surface area contributed by atoms with Crippen molar-refractivity contribution in [3.8, 4) is 11.5 Å². The van der Waals surface area contributed by atoms with Crippen molar-refractivity contribution in [1.29, 1.82) is 0 Å². The first-order valence-corrected chi connectivity index (χ1v) is 10.7. The van der Waals surface area contributed by atoms with E-state index in [1.807, 2.05) is 30.3 Å². The van der Waals surface area contributed by atoms with Crippen molar-refractivity contribution in [1.82, 2.24) is 10.6 Å². The minimum atomic E-state index is 0. The second kappa shape index (κ2) is 12.6. The van der Waals surface area contributed by atoms with Crippen LogP contribution in [-0.2, 0) is 0 Å². The summed E-state index contributed by atoms with van der Waals surface area (Å²) < 4.78 is 11.6. The maximum absolute atomic E-state index is 6.04. The minimum Gasteiger partial charge on any atom is -0.495 e. The van der Waals surface area contributed by atoms with Crippen LogP contribution < -0.4 is 25.0 Å². The maximum Gasteiger partial charge on any atom is 0.191 e. The monoisotopic (exact) mass is 538 g/mol. The van der Waals surface area contributed by atoms with Gasteiger partial charge < -0.3 is 25.0 Å². The Morgan fingerprint density at radius 1 is 1.13 bits per heavy atom. The van der Waals surface area contributed by atoms with Gasteiger partial charge in [0.15, 0.2) is 5.96 Å². The van der Waals surface area contributed by atoms with E-state index in [-0.39, 0.29) is 30.1 Å². The number of guanidine groups is 1. The largest absolute Gasteiger partial charge is 0.495 e. The molecule has 1 aliphatic heterocycles. The SMILES string of the molecule is CN=C(NCC1CCN(c2ccccc2OC)C1)NCC(C)Oc1ccccc1C.I. The van der Waals surface area contributed by atoms with Crippen LogP contribution in [0.3, 0.4) is 0 Å². The minimum absolute atomic E-state index is 0. The van der Waals surface area contributed by atoms with E-state index in [9.17, 15) is 0 Å². The van der Waals surface area contributed by atoms with Gasteiger partial charge in [0, 0.05) is 26.7 Å². The van der Waals surface area contributed by atoms with Crippen molar-refractivity contribution in [3.63, 3.8) is 0 Å². The van der Waals surface area contributed by atoms with Crippen LogP contribution in [0.15, 0.2) is 53.5 Å². The van der Waals surface area contributed by atoms with Crippen molar-refractivity contribution in [2.45, 2.75) is 26.4 Å². The number of anilines is 1. The molecule has 2 N–H and O–H groups in total. The van der Waals surface area contributed by atoms with Crippen LogP contribution in [0.25, 0.3) is 0 Å². The first-order valence-electron chi connectivity index (χ1n) is 10.7. The lowest BCUT2D eigenvalue weighted by Gasteiger charge is -2.22. The molecule has 1 fully saturated rings. The molecule has 0 bridgehead atoms. The quantitative estimate of drug-likeness (QED) is 0.302. The van der Waals surface area contributed by atoms with Crippen LogP contribution in [0.4, 0.5) is 5.69 Å². The Kier molecular flexibility index (Phi) is 10.2. The van der Waals surface area contributed by atoms with Gasteiger partial charge >= 0.3 is 0 Å². The predicted octanol–water partition coefficient (Wildman–Crippen LogP) is 4.08. The molecule has 31 heavy (non-hydrogen) atoms. The fraction of sp³-hybridized carbons (Fsp3) is 0.458. The summed E-state index contributed by atoms with van der Waals surface area (Å²) in [7, 11) is 3.53. The van der Waals surface area contributed by atoms with Crippen LogP contribution in [-0.4, -0.2) is 52.4 Å². The van der Waals surface area contributed by atoms with Crippen LogP contribution in [0.2, 0.25) is 0 Å². The van der Waals surface area contributed by atoms with Crippen molar-refractivity contribution in [2.75, 3.05) is 45.2 Å². The number of hydrogen-bond donors (Lipinski definition) is 2. The van der Waals surface area contributed by atoms with Gasteiger partial charge in [-0.3, -0.25) is 4.99 Å². The van der Waals surface area contributed by atoms with E-state index in [0.29, 0.717) is 12.5 Å². The third-order valence-electron chi connectivity index (χ3n) is 5.47. The summed E-state index contributed by atoms with van der Waals surface area (Å²) in [4.78, 5) is 6.76. The van der Waals surface area contributed by atoms with Gasteiger partial charge in [0.2, 0.25) is 0 Å². The first-order chi connectivity index (χ1) is 14.6. The molecule has 2 aromatic carbocycles. The number of hydrogen-bond acceptors (Lipinski definition) is 4.